The molecule has 1 amide bonds. The summed E-state index contributed by atoms with van der Waals surface area (Å²) in [6, 6.07) is 17.2. The Hall–Kier alpha value is -2.22. The summed E-state index contributed by atoms with van der Waals surface area (Å²) in [6.45, 7) is 5.97. The van der Waals surface area contributed by atoms with E-state index in [0.717, 1.165) is 17.7 Å². The van der Waals surface area contributed by atoms with E-state index in [-0.39, 0.29) is 23.7 Å². The molecule has 2 atom stereocenters. The number of amides is 1. The second-order valence-corrected chi connectivity index (χ2v) is 10.2. The molecule has 2 aliphatic rings. The molecule has 160 valence electrons. The van der Waals surface area contributed by atoms with Crippen molar-refractivity contribution in [1.82, 2.24) is 9.21 Å². The maximum absolute atomic E-state index is 13.3. The lowest BCUT2D eigenvalue weighted by atomic mass is 10.1. The molecule has 2 aromatic rings. The van der Waals surface area contributed by atoms with Gasteiger partial charge >= 0.3 is 0 Å². The van der Waals surface area contributed by atoms with E-state index in [2.05, 4.69) is 17.9 Å². The highest BCUT2D eigenvalue weighted by molar-refractivity contribution is 7.88. The fourth-order valence-corrected chi connectivity index (χ4v) is 6.02. The summed E-state index contributed by atoms with van der Waals surface area (Å²) >= 11 is 0. The second-order valence-electron chi connectivity index (χ2n) is 8.24. The van der Waals surface area contributed by atoms with Crippen LogP contribution in [-0.4, -0.2) is 61.8 Å². The van der Waals surface area contributed by atoms with Crippen LogP contribution >= 0.6 is 0 Å². The molecular formula is C23H29N3O3S. The van der Waals surface area contributed by atoms with Crippen LogP contribution in [0.15, 0.2) is 54.6 Å². The molecule has 1 saturated heterocycles. The number of rotatable bonds is 5. The first kappa shape index (κ1) is 21.0. The molecule has 2 aromatic carbocycles. The van der Waals surface area contributed by atoms with Gasteiger partial charge in [0.05, 0.1) is 11.8 Å². The minimum Gasteiger partial charge on any atom is -0.308 e. The topological polar surface area (TPSA) is 60.9 Å². The Balaban J connectivity index is 1.39. The summed E-state index contributed by atoms with van der Waals surface area (Å²) in [6.07, 6.45) is 0.875. The number of carbonyl (C=O) groups excluding carboxylic acids is 1. The van der Waals surface area contributed by atoms with Crippen molar-refractivity contribution in [3.05, 3.63) is 65.7 Å². The van der Waals surface area contributed by atoms with E-state index >= 15 is 0 Å². The van der Waals surface area contributed by atoms with Gasteiger partial charge in [0.15, 0.2) is 0 Å². The Bertz CT molecular complexity index is 1000. The molecule has 0 saturated carbocycles. The van der Waals surface area contributed by atoms with E-state index in [1.807, 2.05) is 60.4 Å². The first-order valence-electron chi connectivity index (χ1n) is 10.5. The molecule has 1 fully saturated rings. The van der Waals surface area contributed by atoms with Crippen LogP contribution in [0.5, 0.6) is 0 Å². The number of para-hydroxylation sites is 1. The summed E-state index contributed by atoms with van der Waals surface area (Å²) in [4.78, 5) is 17.3. The molecule has 2 aliphatic heterocycles. The van der Waals surface area contributed by atoms with Crippen LogP contribution in [-0.2, 0) is 27.0 Å². The lowest BCUT2D eigenvalue weighted by Gasteiger charge is -2.38. The summed E-state index contributed by atoms with van der Waals surface area (Å²) < 4.78 is 27.1. The zero-order valence-electron chi connectivity index (χ0n) is 17.6. The van der Waals surface area contributed by atoms with Crippen LogP contribution in [0.25, 0.3) is 0 Å². The number of carbonyl (C=O) groups is 1. The normalized spacial score (nSPS) is 21.4. The SMILES string of the molecule is CC(C(=O)N1c2ccccc2CC1C)N1CCN(S(=O)(=O)Cc2ccccc2)CC1. The number of hydrogen-bond acceptors (Lipinski definition) is 4. The minimum atomic E-state index is -3.36. The molecule has 30 heavy (non-hydrogen) atoms. The van der Waals surface area contributed by atoms with Crippen molar-refractivity contribution >= 4 is 21.6 Å². The van der Waals surface area contributed by atoms with Gasteiger partial charge in [0.25, 0.3) is 0 Å². The number of fused-ring (bicyclic) bond motifs is 1. The zero-order chi connectivity index (χ0) is 21.3. The molecule has 4 rings (SSSR count). The first-order chi connectivity index (χ1) is 14.4. The number of nitrogens with zero attached hydrogens (tertiary/aromatic N) is 3. The van der Waals surface area contributed by atoms with Crippen molar-refractivity contribution in [3.8, 4) is 0 Å². The average Bonchev–Trinajstić information content (AvgIpc) is 3.09. The summed E-state index contributed by atoms with van der Waals surface area (Å²) in [5.41, 5.74) is 3.01. The largest absolute Gasteiger partial charge is 0.308 e. The maximum Gasteiger partial charge on any atom is 0.244 e. The highest BCUT2D eigenvalue weighted by atomic mass is 32.2. The van der Waals surface area contributed by atoms with Gasteiger partial charge in [-0.3, -0.25) is 9.69 Å². The fraction of sp³-hybridized carbons (Fsp3) is 0.435. The van der Waals surface area contributed by atoms with Crippen molar-refractivity contribution in [3.63, 3.8) is 0 Å². The molecular weight excluding hydrogens is 398 g/mol. The molecule has 0 radical (unpaired) electrons. The van der Waals surface area contributed by atoms with Crippen LogP contribution in [0.3, 0.4) is 0 Å². The van der Waals surface area contributed by atoms with Crippen LogP contribution < -0.4 is 4.90 Å². The number of sulfonamides is 1. The lowest BCUT2D eigenvalue weighted by Crippen LogP contribution is -2.56. The molecule has 7 heteroatoms. The molecule has 0 aliphatic carbocycles. The molecule has 0 N–H and O–H groups in total. The Morgan fingerprint density at radius 2 is 1.63 bits per heavy atom. The van der Waals surface area contributed by atoms with Crippen molar-refractivity contribution in [1.29, 1.82) is 0 Å². The minimum absolute atomic E-state index is 0.0183. The lowest BCUT2D eigenvalue weighted by molar-refractivity contribution is -0.124. The van der Waals surface area contributed by atoms with Gasteiger partial charge in [0, 0.05) is 37.9 Å². The third-order valence-electron chi connectivity index (χ3n) is 6.21. The van der Waals surface area contributed by atoms with Gasteiger partial charge in [-0.25, -0.2) is 8.42 Å². The highest BCUT2D eigenvalue weighted by Crippen LogP contribution is 2.32. The van der Waals surface area contributed by atoms with Crippen molar-refractivity contribution in [2.24, 2.45) is 0 Å². The Kier molecular flexibility index (Phi) is 5.95. The van der Waals surface area contributed by atoms with Gasteiger partial charge in [-0.15, -0.1) is 0 Å². The predicted octanol–water partition coefficient (Wildman–Crippen LogP) is 2.50. The van der Waals surface area contributed by atoms with E-state index in [1.54, 1.807) is 4.31 Å². The number of anilines is 1. The van der Waals surface area contributed by atoms with E-state index in [0.29, 0.717) is 26.2 Å². The Morgan fingerprint density at radius 1 is 1.00 bits per heavy atom. The van der Waals surface area contributed by atoms with Gasteiger partial charge in [0.1, 0.15) is 0 Å². The monoisotopic (exact) mass is 427 g/mol. The van der Waals surface area contributed by atoms with Gasteiger partial charge in [-0.1, -0.05) is 48.5 Å². The Labute approximate surface area is 179 Å². The fourth-order valence-electron chi connectivity index (χ4n) is 4.50. The van der Waals surface area contributed by atoms with Gasteiger partial charge in [-0.2, -0.15) is 4.31 Å². The smallest absolute Gasteiger partial charge is 0.244 e. The number of piperazine rings is 1. The third-order valence-corrected chi connectivity index (χ3v) is 8.06. The van der Waals surface area contributed by atoms with Gasteiger partial charge in [0.2, 0.25) is 15.9 Å². The average molecular weight is 428 g/mol. The predicted molar refractivity (Wildman–Crippen MR) is 119 cm³/mol. The van der Waals surface area contributed by atoms with Crippen molar-refractivity contribution in [2.75, 3.05) is 31.1 Å². The number of benzene rings is 2. The first-order valence-corrected chi connectivity index (χ1v) is 12.1. The van der Waals surface area contributed by atoms with E-state index in [1.165, 1.54) is 5.56 Å². The summed E-state index contributed by atoms with van der Waals surface area (Å²) in [5, 5.41) is 0. The Morgan fingerprint density at radius 3 is 2.33 bits per heavy atom. The van der Waals surface area contributed by atoms with Crippen LogP contribution in [0.2, 0.25) is 0 Å². The molecule has 0 spiro atoms. The molecule has 2 unspecified atom stereocenters. The summed E-state index contributed by atoms with van der Waals surface area (Å²) in [7, 11) is -3.36. The van der Waals surface area contributed by atoms with Crippen molar-refractivity contribution in [2.45, 2.75) is 38.1 Å². The van der Waals surface area contributed by atoms with Gasteiger partial charge < -0.3 is 4.90 Å². The molecule has 2 heterocycles. The van der Waals surface area contributed by atoms with Gasteiger partial charge in [-0.05, 0) is 37.5 Å². The van der Waals surface area contributed by atoms with Crippen LogP contribution in [0.1, 0.15) is 25.0 Å². The second kappa shape index (κ2) is 8.49. The number of hydrogen-bond donors (Lipinski definition) is 0. The van der Waals surface area contributed by atoms with Crippen molar-refractivity contribution < 1.29 is 13.2 Å². The van der Waals surface area contributed by atoms with E-state index in [9.17, 15) is 13.2 Å². The quantitative estimate of drug-likeness (QED) is 0.736. The molecule has 6 nitrogen and oxygen atoms in total. The molecule has 0 bridgehead atoms. The maximum atomic E-state index is 13.3. The zero-order valence-corrected chi connectivity index (χ0v) is 18.4. The van der Waals surface area contributed by atoms with Crippen LogP contribution in [0.4, 0.5) is 5.69 Å². The van der Waals surface area contributed by atoms with Crippen LogP contribution in [0, 0.1) is 0 Å². The summed E-state index contributed by atoms with van der Waals surface area (Å²) in [5.74, 6) is 0.109. The molecule has 0 aromatic heterocycles. The highest BCUT2D eigenvalue weighted by Gasteiger charge is 2.37. The van der Waals surface area contributed by atoms with E-state index in [4.69, 9.17) is 0 Å². The standard InChI is InChI=1S/C23H29N3O3S/c1-18-16-21-10-6-7-11-22(21)26(18)23(27)19(2)24-12-14-25(15-13-24)30(28,29)17-20-8-4-3-5-9-20/h3-11,18-19H,12-17H2,1-2H3. The third kappa shape index (κ3) is 4.15. The van der Waals surface area contributed by atoms with E-state index < -0.39 is 10.0 Å².